The number of halogens is 7. The third-order valence-corrected chi connectivity index (χ3v) is 2.48. The molecule has 0 spiro atoms. The predicted molar refractivity (Wildman–Crippen MR) is 50.9 cm³/mol. The van der Waals surface area contributed by atoms with Crippen LogP contribution in [0.25, 0.3) is 0 Å². The molecule has 1 aromatic rings. The molecule has 0 bridgehead atoms. The van der Waals surface area contributed by atoms with Crippen LogP contribution in [-0.4, -0.2) is 0 Å². The Balaban J connectivity index is 3.87. The maximum Gasteiger partial charge on any atom is 0.417 e. The highest BCUT2D eigenvalue weighted by molar-refractivity contribution is 6.33. The van der Waals surface area contributed by atoms with Gasteiger partial charge in [0.15, 0.2) is 0 Å². The van der Waals surface area contributed by atoms with E-state index in [0.29, 0.717) is 0 Å². The second-order valence-electron chi connectivity index (χ2n) is 3.25. The maximum absolute atomic E-state index is 12.6. The zero-order chi connectivity index (χ0) is 15.0. The number of rotatable bonds is 0. The number of hydrogen-bond acceptors (Lipinski definition) is 2. The van der Waals surface area contributed by atoms with E-state index >= 15 is 0 Å². The van der Waals surface area contributed by atoms with Gasteiger partial charge >= 0.3 is 12.4 Å². The third kappa shape index (κ3) is 2.74. The average Bonchev–Trinajstić information content (AvgIpc) is 2.24. The van der Waals surface area contributed by atoms with Gasteiger partial charge in [0, 0.05) is 0 Å². The topological polar surface area (TPSA) is 47.6 Å². The highest BCUT2D eigenvalue weighted by Gasteiger charge is 2.42. The van der Waals surface area contributed by atoms with Crippen LogP contribution in [0, 0.1) is 22.7 Å². The van der Waals surface area contributed by atoms with Gasteiger partial charge in [0.1, 0.15) is 12.1 Å². The number of benzene rings is 1. The second-order valence-corrected chi connectivity index (χ2v) is 3.63. The first-order chi connectivity index (χ1) is 8.54. The first-order valence-electron chi connectivity index (χ1n) is 4.35. The fourth-order valence-corrected chi connectivity index (χ4v) is 1.60. The minimum absolute atomic E-state index is 0.289. The maximum atomic E-state index is 12.6. The van der Waals surface area contributed by atoms with E-state index in [0.717, 1.165) is 12.1 Å². The normalized spacial score (nSPS) is 11.8. The van der Waals surface area contributed by atoms with Crippen LogP contribution < -0.4 is 0 Å². The van der Waals surface area contributed by atoms with Crippen LogP contribution in [-0.2, 0) is 12.4 Å². The summed E-state index contributed by atoms with van der Waals surface area (Å²) in [6, 6.07) is 1.82. The molecule has 0 heterocycles. The molecule has 0 aliphatic rings. The molecule has 0 aliphatic carbocycles. The van der Waals surface area contributed by atoms with Crippen LogP contribution in [0.15, 0.2) is 6.07 Å². The van der Waals surface area contributed by atoms with E-state index in [9.17, 15) is 26.3 Å². The van der Waals surface area contributed by atoms with E-state index in [1.807, 2.05) is 0 Å². The first-order valence-corrected chi connectivity index (χ1v) is 4.73. The van der Waals surface area contributed by atoms with E-state index < -0.39 is 39.6 Å². The van der Waals surface area contributed by atoms with Gasteiger partial charge in [0.2, 0.25) is 0 Å². The number of nitriles is 2. The molecule has 1 rings (SSSR count). The van der Waals surface area contributed by atoms with Crippen LogP contribution in [0.4, 0.5) is 26.3 Å². The molecule has 0 radical (unpaired) electrons. The lowest BCUT2D eigenvalue weighted by Gasteiger charge is -2.15. The Bertz CT molecular complexity index is 553. The lowest BCUT2D eigenvalue weighted by atomic mass is 9.98. The second kappa shape index (κ2) is 4.63. The zero-order valence-electron chi connectivity index (χ0n) is 8.62. The summed E-state index contributed by atoms with van der Waals surface area (Å²) in [5, 5.41) is 15.9. The largest absolute Gasteiger partial charge is 0.417 e. The van der Waals surface area contributed by atoms with E-state index in [4.69, 9.17) is 22.1 Å². The third-order valence-electron chi connectivity index (χ3n) is 2.10. The first kappa shape index (κ1) is 15.1. The van der Waals surface area contributed by atoms with Gasteiger partial charge in [-0.1, -0.05) is 11.6 Å². The van der Waals surface area contributed by atoms with Crippen LogP contribution in [0.3, 0.4) is 0 Å². The lowest BCUT2D eigenvalue weighted by Crippen LogP contribution is -2.15. The standard InChI is InChI=1S/C10HClF6N2/c11-8-4(2-18)6(9(12,13)14)1-7(5(8)3-19)10(15,16)17/h1H. The van der Waals surface area contributed by atoms with Crippen molar-refractivity contribution in [3.05, 3.63) is 33.3 Å². The zero-order valence-corrected chi connectivity index (χ0v) is 9.37. The molecule has 0 unspecified atom stereocenters. The molecule has 0 fully saturated rings. The molecule has 9 heteroatoms. The van der Waals surface area contributed by atoms with Gasteiger partial charge in [-0.2, -0.15) is 36.9 Å². The van der Waals surface area contributed by atoms with E-state index in [1.165, 1.54) is 0 Å². The molecule has 0 saturated carbocycles. The summed E-state index contributed by atoms with van der Waals surface area (Å²) in [7, 11) is 0. The molecule has 2 nitrogen and oxygen atoms in total. The van der Waals surface area contributed by atoms with Gasteiger partial charge in [-0.05, 0) is 6.07 Å². The number of nitrogens with zero attached hydrogens (tertiary/aromatic N) is 2. The van der Waals surface area contributed by atoms with Crippen molar-refractivity contribution in [1.29, 1.82) is 10.5 Å². The van der Waals surface area contributed by atoms with Crippen molar-refractivity contribution in [2.75, 3.05) is 0 Å². The van der Waals surface area contributed by atoms with Crippen molar-refractivity contribution >= 4 is 11.6 Å². The number of hydrogen-bond donors (Lipinski definition) is 0. The van der Waals surface area contributed by atoms with E-state index in [-0.39, 0.29) is 6.07 Å². The smallest absolute Gasteiger partial charge is 0.192 e. The van der Waals surface area contributed by atoms with Gasteiger partial charge < -0.3 is 0 Å². The average molecular weight is 299 g/mol. The van der Waals surface area contributed by atoms with Crippen LogP contribution >= 0.6 is 11.6 Å². The molecule has 1 aromatic carbocycles. The summed E-state index contributed by atoms with van der Waals surface area (Å²) >= 11 is 5.29. The molecule has 0 atom stereocenters. The van der Waals surface area contributed by atoms with Gasteiger partial charge in [0.05, 0.1) is 27.3 Å². The minimum Gasteiger partial charge on any atom is -0.192 e. The highest BCUT2D eigenvalue weighted by Crippen LogP contribution is 2.42. The van der Waals surface area contributed by atoms with Crippen LogP contribution in [0.1, 0.15) is 22.3 Å². The minimum atomic E-state index is -5.19. The molecular weight excluding hydrogens is 298 g/mol. The van der Waals surface area contributed by atoms with E-state index in [1.54, 1.807) is 0 Å². The highest BCUT2D eigenvalue weighted by atomic mass is 35.5. The SMILES string of the molecule is N#Cc1c(C(F)(F)F)cc(C(F)(F)F)c(C#N)c1Cl. The summed E-state index contributed by atoms with van der Waals surface area (Å²) in [6.45, 7) is 0. The molecule has 0 aromatic heterocycles. The Morgan fingerprint density at radius 1 is 0.842 bits per heavy atom. The van der Waals surface area contributed by atoms with E-state index in [2.05, 4.69) is 0 Å². The predicted octanol–water partition coefficient (Wildman–Crippen LogP) is 4.12. The summed E-state index contributed by atoms with van der Waals surface area (Å²) in [5.41, 5.74) is -6.07. The van der Waals surface area contributed by atoms with Gasteiger partial charge in [-0.25, -0.2) is 0 Å². The summed E-state index contributed by atoms with van der Waals surface area (Å²) in [5.74, 6) is 0. The van der Waals surface area contributed by atoms with Crippen molar-refractivity contribution in [3.63, 3.8) is 0 Å². The van der Waals surface area contributed by atoms with Gasteiger partial charge in [-0.3, -0.25) is 0 Å². The Morgan fingerprint density at radius 2 is 1.16 bits per heavy atom. The molecule has 100 valence electrons. The monoisotopic (exact) mass is 298 g/mol. The molecule has 19 heavy (non-hydrogen) atoms. The fraction of sp³-hybridized carbons (Fsp3) is 0.200. The number of alkyl halides is 6. The molecular formula is C10HClF6N2. The van der Waals surface area contributed by atoms with Crippen molar-refractivity contribution < 1.29 is 26.3 Å². The molecule has 0 saturated heterocycles. The fourth-order valence-electron chi connectivity index (χ4n) is 1.32. The quantitative estimate of drug-likeness (QED) is 0.676. The Morgan fingerprint density at radius 3 is 1.37 bits per heavy atom. The van der Waals surface area contributed by atoms with Crippen LogP contribution in [0.2, 0.25) is 5.02 Å². The molecule has 0 N–H and O–H groups in total. The Labute approximate surface area is 107 Å². The van der Waals surface area contributed by atoms with Crippen molar-refractivity contribution in [1.82, 2.24) is 0 Å². The van der Waals surface area contributed by atoms with Crippen LogP contribution in [0.5, 0.6) is 0 Å². The lowest BCUT2D eigenvalue weighted by molar-refractivity contribution is -0.143. The van der Waals surface area contributed by atoms with Crippen molar-refractivity contribution in [2.24, 2.45) is 0 Å². The summed E-state index contributed by atoms with van der Waals surface area (Å²) < 4.78 is 75.4. The summed E-state index contributed by atoms with van der Waals surface area (Å²) in [6.07, 6.45) is -10.4. The van der Waals surface area contributed by atoms with Crippen molar-refractivity contribution in [3.8, 4) is 12.1 Å². The molecule has 0 amide bonds. The Kier molecular flexibility index (Phi) is 3.69. The summed E-state index contributed by atoms with van der Waals surface area (Å²) in [4.78, 5) is 0. The van der Waals surface area contributed by atoms with Gasteiger partial charge in [0.25, 0.3) is 0 Å². The Hall–Kier alpha value is -1.93. The van der Waals surface area contributed by atoms with Crippen molar-refractivity contribution in [2.45, 2.75) is 12.4 Å². The molecule has 0 aliphatic heterocycles. The van der Waals surface area contributed by atoms with Gasteiger partial charge in [-0.15, -0.1) is 0 Å².